The van der Waals surface area contributed by atoms with Crippen molar-refractivity contribution < 1.29 is 20.4 Å². The predicted octanol–water partition coefficient (Wildman–Crippen LogP) is 5.99. The Balaban J connectivity index is 0.000000173. The van der Waals surface area contributed by atoms with E-state index >= 15 is 0 Å². The second-order valence-corrected chi connectivity index (χ2v) is 5.91. The minimum atomic E-state index is 0. The molecule has 0 fully saturated rings. The standard InChI is InChI=1S/2C12H11.Re/c2*1-2-6-11(7-3-1)10-12-8-4-5-9-12;/h2*1-9H,10H2;/q2*-1;. The molecule has 0 unspecified atom stereocenters. The summed E-state index contributed by atoms with van der Waals surface area (Å²) in [5, 5.41) is 0. The van der Waals surface area contributed by atoms with Crippen LogP contribution in [-0.2, 0) is 33.3 Å². The van der Waals surface area contributed by atoms with Gasteiger partial charge in [-0.15, -0.1) is 0 Å². The molecule has 0 aliphatic carbocycles. The summed E-state index contributed by atoms with van der Waals surface area (Å²) in [6.07, 6.45) is 2.10. The van der Waals surface area contributed by atoms with E-state index in [9.17, 15) is 0 Å². The fourth-order valence-corrected chi connectivity index (χ4v) is 2.73. The van der Waals surface area contributed by atoms with Crippen molar-refractivity contribution in [1.29, 1.82) is 0 Å². The molecule has 0 spiro atoms. The SMILES string of the molecule is [Re].c1ccc(C[c-]2cccc2)cc1.c1ccc(C[c-]2cccc2)cc1. The van der Waals surface area contributed by atoms with Crippen molar-refractivity contribution in [2.45, 2.75) is 12.8 Å². The van der Waals surface area contributed by atoms with E-state index in [-0.39, 0.29) is 20.4 Å². The molecule has 0 aromatic heterocycles. The largest absolute Gasteiger partial charge is 0.213 e. The van der Waals surface area contributed by atoms with E-state index in [4.69, 9.17) is 0 Å². The van der Waals surface area contributed by atoms with Gasteiger partial charge in [-0.2, -0.15) is 35.4 Å². The third-order valence-corrected chi connectivity index (χ3v) is 3.97. The fourth-order valence-electron chi connectivity index (χ4n) is 2.73. The van der Waals surface area contributed by atoms with Gasteiger partial charge in [0.05, 0.1) is 0 Å². The average molecular weight is 497 g/mol. The molecule has 0 aliphatic rings. The van der Waals surface area contributed by atoms with Crippen LogP contribution in [0.2, 0.25) is 0 Å². The summed E-state index contributed by atoms with van der Waals surface area (Å²) in [5.74, 6) is 0. The first-order chi connectivity index (χ1) is 11.9. The normalized spacial score (nSPS) is 9.60. The maximum Gasteiger partial charge on any atom is 0 e. The molecule has 127 valence electrons. The van der Waals surface area contributed by atoms with Crippen LogP contribution < -0.4 is 0 Å². The minimum absolute atomic E-state index is 0. The van der Waals surface area contributed by atoms with E-state index in [2.05, 4.69) is 109 Å². The van der Waals surface area contributed by atoms with Gasteiger partial charge in [0.2, 0.25) is 0 Å². The molecular weight excluding hydrogens is 474 g/mol. The maximum atomic E-state index is 2.16. The van der Waals surface area contributed by atoms with E-state index in [1.54, 1.807) is 0 Å². The molecule has 4 rings (SSSR count). The van der Waals surface area contributed by atoms with Crippen molar-refractivity contribution in [3.8, 4) is 0 Å². The molecule has 0 atom stereocenters. The third kappa shape index (κ3) is 6.67. The second-order valence-electron chi connectivity index (χ2n) is 5.91. The van der Waals surface area contributed by atoms with Gasteiger partial charge in [0.1, 0.15) is 0 Å². The van der Waals surface area contributed by atoms with Crippen molar-refractivity contribution >= 4 is 0 Å². The number of hydrogen-bond donors (Lipinski definition) is 0. The van der Waals surface area contributed by atoms with E-state index in [0.717, 1.165) is 12.8 Å². The van der Waals surface area contributed by atoms with E-state index < -0.39 is 0 Å². The first kappa shape index (κ1) is 19.1. The van der Waals surface area contributed by atoms with Gasteiger partial charge in [0.15, 0.2) is 0 Å². The van der Waals surface area contributed by atoms with Crippen LogP contribution in [0.15, 0.2) is 109 Å². The van der Waals surface area contributed by atoms with Crippen LogP contribution in [0.25, 0.3) is 0 Å². The number of hydrogen-bond acceptors (Lipinski definition) is 0. The number of rotatable bonds is 4. The molecule has 0 saturated heterocycles. The molecule has 0 nitrogen and oxygen atoms in total. The molecule has 0 bridgehead atoms. The summed E-state index contributed by atoms with van der Waals surface area (Å²) in [6.45, 7) is 0. The Bertz CT molecular complexity index is 710. The van der Waals surface area contributed by atoms with Crippen molar-refractivity contribution in [3.63, 3.8) is 0 Å². The molecule has 0 aliphatic heterocycles. The van der Waals surface area contributed by atoms with Crippen LogP contribution in [0.5, 0.6) is 0 Å². The van der Waals surface area contributed by atoms with Crippen molar-refractivity contribution in [2.75, 3.05) is 0 Å². The summed E-state index contributed by atoms with van der Waals surface area (Å²) >= 11 is 0. The van der Waals surface area contributed by atoms with Crippen LogP contribution in [0, 0.1) is 0 Å². The zero-order chi connectivity index (χ0) is 16.5. The minimum Gasteiger partial charge on any atom is -0.213 e. The smallest absolute Gasteiger partial charge is 0 e. The molecule has 4 aromatic carbocycles. The monoisotopic (exact) mass is 497 g/mol. The first-order valence-electron chi connectivity index (χ1n) is 8.39. The average Bonchev–Trinajstić information content (AvgIpc) is 3.32. The van der Waals surface area contributed by atoms with E-state index in [1.165, 1.54) is 22.3 Å². The Morgan fingerprint density at radius 1 is 0.440 bits per heavy atom. The molecule has 25 heavy (non-hydrogen) atoms. The third-order valence-electron chi connectivity index (χ3n) is 3.97. The van der Waals surface area contributed by atoms with Gasteiger partial charge in [0.25, 0.3) is 0 Å². The van der Waals surface area contributed by atoms with Gasteiger partial charge < -0.3 is 0 Å². The predicted molar refractivity (Wildman–Crippen MR) is 103 cm³/mol. The van der Waals surface area contributed by atoms with Gasteiger partial charge in [0, 0.05) is 20.4 Å². The van der Waals surface area contributed by atoms with Crippen LogP contribution >= 0.6 is 0 Å². The van der Waals surface area contributed by atoms with Crippen LogP contribution in [0.1, 0.15) is 22.3 Å². The number of benzene rings is 2. The van der Waals surface area contributed by atoms with Gasteiger partial charge >= 0.3 is 0 Å². The Morgan fingerprint density at radius 3 is 1.08 bits per heavy atom. The van der Waals surface area contributed by atoms with Gasteiger partial charge in [-0.3, -0.25) is 0 Å². The molecule has 0 saturated carbocycles. The Hall–Kier alpha value is -2.20. The summed E-state index contributed by atoms with van der Waals surface area (Å²) in [7, 11) is 0. The van der Waals surface area contributed by atoms with Gasteiger partial charge in [-0.1, -0.05) is 71.8 Å². The molecule has 0 heterocycles. The Morgan fingerprint density at radius 2 is 0.760 bits per heavy atom. The van der Waals surface area contributed by atoms with Crippen LogP contribution in [0.3, 0.4) is 0 Å². The molecule has 1 radical (unpaired) electrons. The zero-order valence-corrected chi connectivity index (χ0v) is 16.9. The van der Waals surface area contributed by atoms with Gasteiger partial charge in [-0.05, 0) is 12.8 Å². The fraction of sp³-hybridized carbons (Fsp3) is 0.0833. The second kappa shape index (κ2) is 10.6. The summed E-state index contributed by atoms with van der Waals surface area (Å²) in [6, 6.07) is 38.0. The maximum absolute atomic E-state index is 2.16. The summed E-state index contributed by atoms with van der Waals surface area (Å²) < 4.78 is 0. The first-order valence-corrected chi connectivity index (χ1v) is 8.39. The molecule has 0 amide bonds. The molecule has 1 heteroatoms. The zero-order valence-electron chi connectivity index (χ0n) is 14.2. The molecular formula is C24H22Re-2. The van der Waals surface area contributed by atoms with E-state index in [1.807, 2.05) is 0 Å². The molecule has 0 N–H and O–H groups in total. The van der Waals surface area contributed by atoms with E-state index in [0.29, 0.717) is 0 Å². The van der Waals surface area contributed by atoms with Crippen molar-refractivity contribution in [2.24, 2.45) is 0 Å². The Labute approximate surface area is 164 Å². The van der Waals surface area contributed by atoms with Crippen LogP contribution in [0.4, 0.5) is 0 Å². The topological polar surface area (TPSA) is 0 Å². The van der Waals surface area contributed by atoms with Crippen LogP contribution in [-0.4, -0.2) is 0 Å². The quantitative estimate of drug-likeness (QED) is 0.305. The van der Waals surface area contributed by atoms with Crippen molar-refractivity contribution in [1.82, 2.24) is 0 Å². The Kier molecular flexibility index (Phi) is 8.13. The molecule has 4 aromatic rings. The van der Waals surface area contributed by atoms with Gasteiger partial charge in [-0.25, -0.2) is 24.3 Å². The van der Waals surface area contributed by atoms with Crippen molar-refractivity contribution in [3.05, 3.63) is 131 Å². The summed E-state index contributed by atoms with van der Waals surface area (Å²) in [5.41, 5.74) is 5.54. The summed E-state index contributed by atoms with van der Waals surface area (Å²) in [4.78, 5) is 0.